The molecule has 0 aromatic carbocycles. The molecule has 2 atom stereocenters. The first-order valence-electron chi connectivity index (χ1n) is 7.48. The van der Waals surface area contributed by atoms with Crippen LogP contribution in [0.15, 0.2) is 5.38 Å². The van der Waals surface area contributed by atoms with Gasteiger partial charge in [-0.2, -0.15) is 0 Å². The zero-order valence-electron chi connectivity index (χ0n) is 11.8. The fraction of sp³-hybridized carbons (Fsp3) is 0.733. The lowest BCUT2D eigenvalue weighted by Gasteiger charge is -2.30. The van der Waals surface area contributed by atoms with E-state index in [4.69, 9.17) is 4.74 Å². The number of rotatable bonds is 3. The van der Waals surface area contributed by atoms with Crippen molar-refractivity contribution in [2.45, 2.75) is 44.6 Å². The molecule has 1 amide bonds. The molecule has 2 aliphatic carbocycles. The van der Waals surface area contributed by atoms with E-state index in [-0.39, 0.29) is 16.9 Å². The molecular weight excluding hydrogens is 272 g/mol. The van der Waals surface area contributed by atoms with E-state index in [1.165, 1.54) is 12.8 Å². The Morgan fingerprint density at radius 2 is 2.30 bits per heavy atom. The largest absolute Gasteiger partial charge is 0.380 e. The summed E-state index contributed by atoms with van der Waals surface area (Å²) in [6, 6.07) is 0. The van der Waals surface area contributed by atoms with E-state index >= 15 is 0 Å². The Hall–Kier alpha value is -0.940. The zero-order valence-corrected chi connectivity index (χ0v) is 12.6. The predicted octanol–water partition coefficient (Wildman–Crippen LogP) is 2.37. The van der Waals surface area contributed by atoms with Crippen LogP contribution in [0.2, 0.25) is 0 Å². The summed E-state index contributed by atoms with van der Waals surface area (Å²) in [5.74, 6) is 0.661. The third kappa shape index (κ3) is 1.76. The first-order chi connectivity index (χ1) is 9.65. The Kier molecular flexibility index (Phi) is 2.73. The van der Waals surface area contributed by atoms with E-state index in [0.29, 0.717) is 12.5 Å². The van der Waals surface area contributed by atoms with Crippen molar-refractivity contribution in [2.75, 3.05) is 13.2 Å². The Morgan fingerprint density at radius 3 is 2.85 bits per heavy atom. The molecule has 2 heterocycles. The van der Waals surface area contributed by atoms with Gasteiger partial charge in [-0.05, 0) is 26.2 Å². The Bertz CT molecular complexity index is 550. The number of hydrogen-bond donors (Lipinski definition) is 1. The normalized spacial score (nSPS) is 34.0. The minimum atomic E-state index is -0.208. The standard InChI is InChI=1S/C15H20N2O2S/c1-10-8-20-13(16-10)15(4-2-3-5-15)17-12(18)14-6-11(14)7-19-9-14/h8,11H,2-7,9H2,1H3,(H,17,18)/t11-,14-/m0/s1. The lowest BCUT2D eigenvalue weighted by Crippen LogP contribution is -2.47. The lowest BCUT2D eigenvalue weighted by molar-refractivity contribution is -0.129. The summed E-state index contributed by atoms with van der Waals surface area (Å²) in [5.41, 5.74) is 0.639. The maximum Gasteiger partial charge on any atom is 0.229 e. The number of hydrogen-bond acceptors (Lipinski definition) is 4. The molecule has 2 saturated carbocycles. The molecule has 0 unspecified atom stereocenters. The number of carbonyl (C=O) groups excluding carboxylic acids is 1. The van der Waals surface area contributed by atoms with Crippen LogP contribution >= 0.6 is 11.3 Å². The third-order valence-corrected chi connectivity index (χ3v) is 6.37. The van der Waals surface area contributed by atoms with Gasteiger partial charge >= 0.3 is 0 Å². The molecule has 20 heavy (non-hydrogen) atoms. The van der Waals surface area contributed by atoms with E-state index in [2.05, 4.69) is 15.7 Å². The Labute approximate surface area is 122 Å². The van der Waals surface area contributed by atoms with Crippen molar-refractivity contribution < 1.29 is 9.53 Å². The van der Waals surface area contributed by atoms with Gasteiger partial charge in [0.15, 0.2) is 0 Å². The number of aryl methyl sites for hydroxylation is 1. The number of thiazole rings is 1. The van der Waals surface area contributed by atoms with Crippen molar-refractivity contribution in [1.29, 1.82) is 0 Å². The van der Waals surface area contributed by atoms with Crippen molar-refractivity contribution >= 4 is 17.2 Å². The van der Waals surface area contributed by atoms with E-state index < -0.39 is 0 Å². The van der Waals surface area contributed by atoms with Gasteiger partial charge in [-0.1, -0.05) is 12.8 Å². The van der Waals surface area contributed by atoms with E-state index in [1.807, 2.05) is 6.92 Å². The fourth-order valence-corrected chi connectivity index (χ4v) is 4.80. The highest BCUT2D eigenvalue weighted by atomic mass is 32.1. The second-order valence-electron chi connectivity index (χ2n) is 6.61. The minimum Gasteiger partial charge on any atom is -0.380 e. The molecular formula is C15H20N2O2S. The second kappa shape index (κ2) is 4.28. The van der Waals surface area contributed by atoms with Crippen molar-refractivity contribution in [1.82, 2.24) is 10.3 Å². The van der Waals surface area contributed by atoms with Crippen molar-refractivity contribution in [3.63, 3.8) is 0 Å². The van der Waals surface area contributed by atoms with Crippen LogP contribution in [0.3, 0.4) is 0 Å². The molecule has 4 nitrogen and oxygen atoms in total. The number of nitrogens with zero attached hydrogens (tertiary/aromatic N) is 1. The molecule has 0 spiro atoms. The van der Waals surface area contributed by atoms with Gasteiger partial charge in [-0.15, -0.1) is 11.3 Å². The predicted molar refractivity (Wildman–Crippen MR) is 76.5 cm³/mol. The Balaban J connectivity index is 1.59. The van der Waals surface area contributed by atoms with E-state index in [1.54, 1.807) is 11.3 Å². The molecule has 1 aromatic heterocycles. The van der Waals surface area contributed by atoms with Crippen LogP contribution in [-0.4, -0.2) is 24.1 Å². The number of nitrogens with one attached hydrogen (secondary N) is 1. The highest BCUT2D eigenvalue weighted by molar-refractivity contribution is 7.09. The van der Waals surface area contributed by atoms with Crippen molar-refractivity contribution in [2.24, 2.45) is 11.3 Å². The van der Waals surface area contributed by atoms with Crippen LogP contribution in [0.4, 0.5) is 0 Å². The molecule has 108 valence electrons. The van der Waals surface area contributed by atoms with Crippen LogP contribution in [0, 0.1) is 18.3 Å². The van der Waals surface area contributed by atoms with Gasteiger partial charge < -0.3 is 10.1 Å². The first-order valence-corrected chi connectivity index (χ1v) is 8.36. The van der Waals surface area contributed by atoms with Crippen molar-refractivity contribution in [3.8, 4) is 0 Å². The van der Waals surface area contributed by atoms with Gasteiger partial charge in [0.2, 0.25) is 5.91 Å². The summed E-state index contributed by atoms with van der Waals surface area (Å²) >= 11 is 1.69. The molecule has 0 radical (unpaired) electrons. The van der Waals surface area contributed by atoms with Crippen LogP contribution in [0.5, 0.6) is 0 Å². The number of ether oxygens (including phenoxy) is 1. The summed E-state index contributed by atoms with van der Waals surface area (Å²) in [7, 11) is 0. The molecule has 0 bridgehead atoms. The highest BCUT2D eigenvalue weighted by Gasteiger charge is 2.64. The minimum absolute atomic E-state index is 0.203. The monoisotopic (exact) mass is 292 g/mol. The van der Waals surface area contributed by atoms with Gasteiger partial charge in [0.1, 0.15) is 5.01 Å². The zero-order chi connectivity index (χ0) is 13.8. The molecule has 1 N–H and O–H groups in total. The summed E-state index contributed by atoms with van der Waals surface area (Å²) in [4.78, 5) is 17.4. The topological polar surface area (TPSA) is 51.2 Å². The first kappa shape index (κ1) is 12.8. The van der Waals surface area contributed by atoms with Gasteiger partial charge in [0.25, 0.3) is 0 Å². The molecule has 4 rings (SSSR count). The lowest BCUT2D eigenvalue weighted by atomic mass is 9.95. The molecule has 3 aliphatic rings. The maximum atomic E-state index is 12.7. The molecule has 1 aromatic rings. The van der Waals surface area contributed by atoms with Gasteiger partial charge in [0.05, 0.1) is 24.2 Å². The number of fused-ring (bicyclic) bond motifs is 1. The van der Waals surface area contributed by atoms with E-state index in [0.717, 1.165) is 36.6 Å². The van der Waals surface area contributed by atoms with Gasteiger partial charge in [0, 0.05) is 17.0 Å². The highest BCUT2D eigenvalue weighted by Crippen LogP contribution is 2.57. The average molecular weight is 292 g/mol. The van der Waals surface area contributed by atoms with Crippen LogP contribution in [0.1, 0.15) is 42.8 Å². The fourth-order valence-electron chi connectivity index (χ4n) is 3.79. The number of carbonyl (C=O) groups is 1. The van der Waals surface area contributed by atoms with Crippen LogP contribution in [0.25, 0.3) is 0 Å². The summed E-state index contributed by atoms with van der Waals surface area (Å²) < 4.78 is 5.46. The summed E-state index contributed by atoms with van der Waals surface area (Å²) in [6.07, 6.45) is 5.39. The summed E-state index contributed by atoms with van der Waals surface area (Å²) in [5, 5.41) is 6.55. The Morgan fingerprint density at radius 1 is 1.50 bits per heavy atom. The molecule has 1 saturated heterocycles. The number of amides is 1. The SMILES string of the molecule is Cc1csc(C2(NC(=O)[C@@]34COC[C@@H]3C4)CCCC2)n1. The van der Waals surface area contributed by atoms with Crippen molar-refractivity contribution in [3.05, 3.63) is 16.1 Å². The average Bonchev–Trinajstić information content (AvgIpc) is 2.89. The van der Waals surface area contributed by atoms with E-state index in [9.17, 15) is 4.79 Å². The second-order valence-corrected chi connectivity index (χ2v) is 7.47. The van der Waals surface area contributed by atoms with Crippen LogP contribution < -0.4 is 5.32 Å². The van der Waals surface area contributed by atoms with Gasteiger partial charge in [-0.25, -0.2) is 4.98 Å². The molecule has 5 heteroatoms. The van der Waals surface area contributed by atoms with Crippen LogP contribution in [-0.2, 0) is 15.1 Å². The smallest absolute Gasteiger partial charge is 0.229 e. The molecule has 1 aliphatic heterocycles. The van der Waals surface area contributed by atoms with Gasteiger partial charge in [-0.3, -0.25) is 4.79 Å². The quantitative estimate of drug-likeness (QED) is 0.930. The summed E-state index contributed by atoms with van der Waals surface area (Å²) in [6.45, 7) is 3.39. The third-order valence-electron chi connectivity index (χ3n) is 5.20. The maximum absolute atomic E-state index is 12.7. The molecule has 3 fully saturated rings. The number of aromatic nitrogens is 1.